The van der Waals surface area contributed by atoms with Crippen LogP contribution in [0.2, 0.25) is 0 Å². The lowest BCUT2D eigenvalue weighted by Crippen LogP contribution is -2.20. The van der Waals surface area contributed by atoms with E-state index in [2.05, 4.69) is 20.6 Å². The lowest BCUT2D eigenvalue weighted by molar-refractivity contribution is 0.654. The molecule has 2 aromatic rings. The molecule has 0 atom stereocenters. The smallest absolute Gasteiger partial charge is 0.177 e. The summed E-state index contributed by atoms with van der Waals surface area (Å²) in [6.45, 7) is 0.960. The van der Waals surface area contributed by atoms with Crippen LogP contribution in [-0.4, -0.2) is 32.4 Å². The number of hydrogen-bond donors (Lipinski definition) is 1. The monoisotopic (exact) mass is 203 g/mol. The molecule has 3 rings (SSSR count). The molecule has 1 aliphatic rings. The van der Waals surface area contributed by atoms with Gasteiger partial charge in [-0.15, -0.1) is 10.2 Å². The van der Waals surface area contributed by atoms with Crippen molar-refractivity contribution < 1.29 is 0 Å². The van der Waals surface area contributed by atoms with E-state index in [1.54, 1.807) is 10.7 Å². The van der Waals surface area contributed by atoms with Gasteiger partial charge in [0.15, 0.2) is 11.5 Å². The highest BCUT2D eigenvalue weighted by Gasteiger charge is 2.20. The Kier molecular flexibility index (Phi) is 2.10. The lowest BCUT2D eigenvalue weighted by Gasteiger charge is -2.00. The number of nitrogens with zero attached hydrogens (tertiary/aromatic N) is 4. The third-order valence-electron chi connectivity index (χ3n) is 2.60. The molecule has 0 radical (unpaired) electrons. The maximum Gasteiger partial charge on any atom is 0.177 e. The molecule has 0 spiro atoms. The van der Waals surface area contributed by atoms with Gasteiger partial charge in [0.2, 0.25) is 0 Å². The fraction of sp³-hybridized carbons (Fsp3) is 0.500. The van der Waals surface area contributed by atoms with Crippen LogP contribution < -0.4 is 5.32 Å². The minimum absolute atomic E-state index is 0.747. The third-order valence-corrected chi connectivity index (χ3v) is 2.60. The van der Waals surface area contributed by atoms with Crippen molar-refractivity contribution in [2.45, 2.75) is 25.3 Å². The summed E-state index contributed by atoms with van der Waals surface area (Å²) in [6, 6.07) is 4.53. The van der Waals surface area contributed by atoms with E-state index in [0.717, 1.165) is 30.5 Å². The van der Waals surface area contributed by atoms with Crippen molar-refractivity contribution in [3.63, 3.8) is 0 Å². The Morgan fingerprint density at radius 3 is 3.20 bits per heavy atom. The second kappa shape index (κ2) is 3.58. The zero-order chi connectivity index (χ0) is 10.1. The van der Waals surface area contributed by atoms with Gasteiger partial charge in [0.1, 0.15) is 0 Å². The summed E-state index contributed by atoms with van der Waals surface area (Å²) in [5.74, 6) is 0.929. The molecule has 0 unspecified atom stereocenters. The van der Waals surface area contributed by atoms with Crippen molar-refractivity contribution in [2.75, 3.05) is 6.54 Å². The maximum atomic E-state index is 4.22. The standard InChI is InChI=1S/C10H13N5/c1-2-9-13-14-10(15(9)12-6-1)5-7-11-8-3-4-8/h1-2,6,8,11H,3-5,7H2. The summed E-state index contributed by atoms with van der Waals surface area (Å²) in [4.78, 5) is 0. The van der Waals surface area contributed by atoms with Crippen LogP contribution in [0, 0.1) is 0 Å². The van der Waals surface area contributed by atoms with E-state index in [1.165, 1.54) is 12.8 Å². The topological polar surface area (TPSA) is 55.1 Å². The highest BCUT2D eigenvalue weighted by Crippen LogP contribution is 2.18. The van der Waals surface area contributed by atoms with Gasteiger partial charge in [-0.3, -0.25) is 0 Å². The molecule has 15 heavy (non-hydrogen) atoms. The molecular formula is C10H13N5. The van der Waals surface area contributed by atoms with Gasteiger partial charge in [0, 0.05) is 25.2 Å². The minimum atomic E-state index is 0.747. The zero-order valence-electron chi connectivity index (χ0n) is 8.43. The van der Waals surface area contributed by atoms with E-state index < -0.39 is 0 Å². The first kappa shape index (κ1) is 8.79. The lowest BCUT2D eigenvalue weighted by atomic mass is 10.4. The van der Waals surface area contributed by atoms with E-state index in [-0.39, 0.29) is 0 Å². The zero-order valence-corrected chi connectivity index (χ0v) is 8.43. The first-order valence-electron chi connectivity index (χ1n) is 5.32. The Morgan fingerprint density at radius 1 is 1.40 bits per heavy atom. The van der Waals surface area contributed by atoms with Crippen molar-refractivity contribution in [3.05, 3.63) is 24.2 Å². The molecular weight excluding hydrogens is 190 g/mol. The van der Waals surface area contributed by atoms with E-state index in [1.807, 2.05) is 12.1 Å². The van der Waals surface area contributed by atoms with Gasteiger partial charge >= 0.3 is 0 Å². The Bertz CT molecular complexity index is 460. The van der Waals surface area contributed by atoms with E-state index in [0.29, 0.717) is 0 Å². The second-order valence-corrected chi connectivity index (χ2v) is 3.89. The van der Waals surface area contributed by atoms with Gasteiger partial charge in [-0.2, -0.15) is 9.61 Å². The van der Waals surface area contributed by atoms with Gasteiger partial charge in [0.25, 0.3) is 0 Å². The van der Waals surface area contributed by atoms with Crippen LogP contribution in [0.5, 0.6) is 0 Å². The molecule has 0 aliphatic heterocycles. The Balaban J connectivity index is 1.72. The van der Waals surface area contributed by atoms with Crippen molar-refractivity contribution >= 4 is 5.65 Å². The SMILES string of the molecule is c1cnn2c(CCNC3CC3)nnc2c1. The average molecular weight is 203 g/mol. The maximum absolute atomic E-state index is 4.22. The normalized spacial score (nSPS) is 16.0. The van der Waals surface area contributed by atoms with Crippen molar-refractivity contribution in [1.82, 2.24) is 25.1 Å². The van der Waals surface area contributed by atoms with Crippen LogP contribution in [0.4, 0.5) is 0 Å². The van der Waals surface area contributed by atoms with Crippen LogP contribution in [0.3, 0.4) is 0 Å². The summed E-state index contributed by atoms with van der Waals surface area (Å²) in [7, 11) is 0. The van der Waals surface area contributed by atoms with Crippen molar-refractivity contribution in [1.29, 1.82) is 0 Å². The molecule has 2 heterocycles. The van der Waals surface area contributed by atoms with E-state index in [4.69, 9.17) is 0 Å². The van der Waals surface area contributed by atoms with Gasteiger partial charge in [-0.1, -0.05) is 0 Å². The number of aromatic nitrogens is 4. The van der Waals surface area contributed by atoms with Crippen LogP contribution in [0.1, 0.15) is 18.7 Å². The summed E-state index contributed by atoms with van der Waals surface area (Å²) in [5.41, 5.74) is 0.818. The number of nitrogens with one attached hydrogen (secondary N) is 1. The molecule has 0 amide bonds. The number of fused-ring (bicyclic) bond motifs is 1. The van der Waals surface area contributed by atoms with E-state index in [9.17, 15) is 0 Å². The molecule has 5 nitrogen and oxygen atoms in total. The Morgan fingerprint density at radius 2 is 2.33 bits per heavy atom. The summed E-state index contributed by atoms with van der Waals surface area (Å²) in [5, 5.41) is 15.8. The number of rotatable bonds is 4. The molecule has 0 bridgehead atoms. The summed E-state index contributed by atoms with van der Waals surface area (Å²) < 4.78 is 1.80. The molecule has 0 saturated heterocycles. The summed E-state index contributed by atoms with van der Waals surface area (Å²) >= 11 is 0. The molecule has 1 saturated carbocycles. The van der Waals surface area contributed by atoms with Crippen LogP contribution >= 0.6 is 0 Å². The number of hydrogen-bond acceptors (Lipinski definition) is 4. The van der Waals surface area contributed by atoms with E-state index >= 15 is 0 Å². The predicted molar refractivity (Wildman–Crippen MR) is 55.5 cm³/mol. The second-order valence-electron chi connectivity index (χ2n) is 3.89. The Labute approximate surface area is 87.5 Å². The fourth-order valence-electron chi connectivity index (χ4n) is 1.62. The third kappa shape index (κ3) is 1.83. The predicted octanol–water partition coefficient (Wildman–Crippen LogP) is 0.419. The van der Waals surface area contributed by atoms with Gasteiger partial charge in [0.05, 0.1) is 0 Å². The first-order chi connectivity index (χ1) is 7.43. The van der Waals surface area contributed by atoms with Gasteiger partial charge in [-0.25, -0.2) is 0 Å². The molecule has 5 heteroatoms. The molecule has 78 valence electrons. The summed E-state index contributed by atoms with van der Waals surface area (Å²) in [6.07, 6.45) is 5.28. The quantitative estimate of drug-likeness (QED) is 0.782. The molecule has 1 aliphatic carbocycles. The van der Waals surface area contributed by atoms with Crippen LogP contribution in [-0.2, 0) is 6.42 Å². The van der Waals surface area contributed by atoms with Crippen molar-refractivity contribution in [3.8, 4) is 0 Å². The fourth-order valence-corrected chi connectivity index (χ4v) is 1.62. The average Bonchev–Trinajstić information content (AvgIpc) is 3.00. The van der Waals surface area contributed by atoms with Gasteiger partial charge < -0.3 is 5.32 Å². The minimum Gasteiger partial charge on any atom is -0.314 e. The molecule has 2 aromatic heterocycles. The molecule has 1 N–H and O–H groups in total. The molecule has 1 fully saturated rings. The highest BCUT2D eigenvalue weighted by molar-refractivity contribution is 5.34. The van der Waals surface area contributed by atoms with Crippen LogP contribution in [0.15, 0.2) is 18.3 Å². The van der Waals surface area contributed by atoms with Crippen LogP contribution in [0.25, 0.3) is 5.65 Å². The Hall–Kier alpha value is -1.49. The molecule has 0 aromatic carbocycles. The largest absolute Gasteiger partial charge is 0.314 e. The first-order valence-corrected chi connectivity index (χ1v) is 5.32. The van der Waals surface area contributed by atoms with Gasteiger partial charge in [-0.05, 0) is 25.0 Å². The highest BCUT2D eigenvalue weighted by atomic mass is 15.4. The van der Waals surface area contributed by atoms with Crippen molar-refractivity contribution in [2.24, 2.45) is 0 Å².